The lowest BCUT2D eigenvalue weighted by atomic mass is 10.0. The molecule has 92 valence electrons. The van der Waals surface area contributed by atoms with Crippen molar-refractivity contribution in [3.8, 4) is 0 Å². The zero-order valence-electron chi connectivity index (χ0n) is 9.33. The van der Waals surface area contributed by atoms with Crippen molar-refractivity contribution < 1.29 is 13.2 Å². The van der Waals surface area contributed by atoms with E-state index in [0.29, 0.717) is 12.5 Å². The Hall–Kier alpha value is 0.350. The molecular weight excluding hydrogens is 282 g/mol. The third-order valence-electron chi connectivity index (χ3n) is 2.24. The van der Waals surface area contributed by atoms with Crippen LogP contribution < -0.4 is 4.72 Å². The van der Waals surface area contributed by atoms with Gasteiger partial charge in [-0.05, 0) is 12.3 Å². The first-order chi connectivity index (χ1) is 7.05. The second-order valence-corrected chi connectivity index (χ2v) is 6.13. The number of alkyl halides is 1. The Kier molecular flexibility index (Phi) is 8.69. The molecule has 0 heterocycles. The summed E-state index contributed by atoms with van der Waals surface area (Å²) in [6.07, 6.45) is 1.97. The zero-order chi connectivity index (χ0) is 11.7. The maximum absolute atomic E-state index is 11.4. The van der Waals surface area contributed by atoms with E-state index in [1.54, 1.807) is 0 Å². The Bertz CT molecular complexity index is 244. The number of nitrogens with one attached hydrogen (secondary N) is 1. The van der Waals surface area contributed by atoms with Gasteiger partial charge >= 0.3 is 0 Å². The van der Waals surface area contributed by atoms with Crippen LogP contribution in [0.1, 0.15) is 19.8 Å². The molecule has 0 aliphatic rings. The van der Waals surface area contributed by atoms with Crippen molar-refractivity contribution in [2.75, 3.05) is 31.3 Å². The van der Waals surface area contributed by atoms with Crippen molar-refractivity contribution in [2.24, 2.45) is 5.92 Å². The maximum Gasteiger partial charge on any atom is 0.213 e. The molecule has 0 spiro atoms. The molecule has 0 rings (SSSR count). The van der Waals surface area contributed by atoms with Crippen molar-refractivity contribution in [1.82, 2.24) is 4.72 Å². The molecule has 0 aromatic rings. The topological polar surface area (TPSA) is 55.4 Å². The normalized spacial score (nSPS) is 14.1. The molecule has 0 radical (unpaired) electrons. The van der Waals surface area contributed by atoms with Gasteiger partial charge in [0.2, 0.25) is 10.0 Å². The van der Waals surface area contributed by atoms with E-state index in [1.807, 2.05) is 0 Å². The lowest BCUT2D eigenvalue weighted by Crippen LogP contribution is -2.32. The van der Waals surface area contributed by atoms with Gasteiger partial charge in [-0.2, -0.15) is 0 Å². The van der Waals surface area contributed by atoms with Crippen molar-refractivity contribution in [3.63, 3.8) is 0 Å². The highest BCUT2D eigenvalue weighted by Crippen LogP contribution is 2.08. The molecule has 0 aromatic heterocycles. The largest absolute Gasteiger partial charge is 0.384 e. The summed E-state index contributed by atoms with van der Waals surface area (Å²) < 4.78 is 30.2. The molecular formula is C9H20BrNO3S. The molecule has 0 fully saturated rings. The highest BCUT2D eigenvalue weighted by molar-refractivity contribution is 9.09. The van der Waals surface area contributed by atoms with Crippen LogP contribution in [-0.4, -0.2) is 39.8 Å². The first-order valence-electron chi connectivity index (χ1n) is 5.08. The number of sulfonamides is 1. The minimum Gasteiger partial charge on any atom is -0.384 e. The number of methoxy groups -OCH3 is 1. The number of hydrogen-bond acceptors (Lipinski definition) is 3. The number of ether oxygens (including phenoxy) is 1. The monoisotopic (exact) mass is 301 g/mol. The summed E-state index contributed by atoms with van der Waals surface area (Å²) in [6.45, 7) is 2.83. The highest BCUT2D eigenvalue weighted by Gasteiger charge is 2.12. The van der Waals surface area contributed by atoms with E-state index in [0.717, 1.165) is 18.2 Å². The fourth-order valence-electron chi connectivity index (χ4n) is 1.11. The molecule has 0 saturated heterocycles. The Balaban J connectivity index is 3.90. The van der Waals surface area contributed by atoms with Gasteiger partial charge in [0, 0.05) is 19.0 Å². The van der Waals surface area contributed by atoms with Crippen molar-refractivity contribution in [2.45, 2.75) is 19.8 Å². The van der Waals surface area contributed by atoms with Crippen LogP contribution in [0.2, 0.25) is 0 Å². The summed E-state index contributed by atoms with van der Waals surface area (Å²) in [4.78, 5) is 0. The van der Waals surface area contributed by atoms with Crippen LogP contribution in [0.3, 0.4) is 0 Å². The Morgan fingerprint density at radius 3 is 2.60 bits per heavy atom. The molecule has 6 heteroatoms. The van der Waals surface area contributed by atoms with Crippen LogP contribution in [0.5, 0.6) is 0 Å². The molecule has 0 amide bonds. The van der Waals surface area contributed by atoms with Crippen molar-refractivity contribution >= 4 is 26.0 Å². The third-order valence-corrected chi connectivity index (χ3v) is 4.01. The molecule has 4 nitrogen and oxygen atoms in total. The van der Waals surface area contributed by atoms with Gasteiger partial charge in [0.1, 0.15) is 0 Å². The second-order valence-electron chi connectivity index (χ2n) is 3.41. The van der Waals surface area contributed by atoms with Crippen LogP contribution >= 0.6 is 15.9 Å². The third kappa shape index (κ3) is 8.19. The minimum absolute atomic E-state index is 0.0360. The van der Waals surface area contributed by atoms with Crippen LogP contribution in [0.15, 0.2) is 0 Å². The van der Waals surface area contributed by atoms with Crippen LogP contribution in [0.4, 0.5) is 0 Å². The van der Waals surface area contributed by atoms with Gasteiger partial charge < -0.3 is 4.74 Å². The molecule has 0 aliphatic carbocycles. The van der Waals surface area contributed by atoms with Gasteiger partial charge in [-0.25, -0.2) is 13.1 Å². The van der Waals surface area contributed by atoms with Gasteiger partial charge in [-0.15, -0.1) is 0 Å². The summed E-state index contributed by atoms with van der Waals surface area (Å²) in [5, 5.41) is 0.908. The van der Waals surface area contributed by atoms with Crippen LogP contribution in [0.25, 0.3) is 0 Å². The van der Waals surface area contributed by atoms with E-state index < -0.39 is 10.0 Å². The lowest BCUT2D eigenvalue weighted by Gasteiger charge is -2.14. The highest BCUT2D eigenvalue weighted by atomic mass is 79.9. The van der Waals surface area contributed by atoms with Gasteiger partial charge in [-0.1, -0.05) is 29.3 Å². The molecule has 1 atom stereocenters. The molecule has 0 saturated carbocycles. The molecule has 15 heavy (non-hydrogen) atoms. The zero-order valence-corrected chi connectivity index (χ0v) is 11.7. The van der Waals surface area contributed by atoms with E-state index in [-0.39, 0.29) is 12.4 Å². The molecule has 0 aromatic carbocycles. The van der Waals surface area contributed by atoms with Gasteiger partial charge in [-0.3, -0.25) is 0 Å². The van der Waals surface area contributed by atoms with E-state index in [4.69, 9.17) is 4.74 Å². The number of rotatable bonds is 9. The second kappa shape index (κ2) is 8.50. The fraction of sp³-hybridized carbons (Fsp3) is 1.00. The lowest BCUT2D eigenvalue weighted by molar-refractivity contribution is 0.217. The summed E-state index contributed by atoms with van der Waals surface area (Å²) in [6, 6.07) is 0. The van der Waals surface area contributed by atoms with Crippen molar-refractivity contribution in [1.29, 1.82) is 0 Å². The fourth-order valence-corrected chi connectivity index (χ4v) is 2.78. The Labute approximate surface area is 101 Å². The summed E-state index contributed by atoms with van der Waals surface area (Å²) in [5.41, 5.74) is 0. The van der Waals surface area contributed by atoms with Gasteiger partial charge in [0.15, 0.2) is 0 Å². The van der Waals surface area contributed by atoms with Gasteiger partial charge in [0.25, 0.3) is 0 Å². The van der Waals surface area contributed by atoms with Crippen LogP contribution in [0, 0.1) is 5.92 Å². The number of hydrogen-bond donors (Lipinski definition) is 1. The summed E-state index contributed by atoms with van der Waals surface area (Å²) >= 11 is 3.36. The first kappa shape index (κ1) is 15.3. The average molecular weight is 302 g/mol. The standard InChI is InChI=1S/C9H20BrNO3S/c1-3-9(4-5-10)8-11-15(12,13)7-6-14-2/h9,11H,3-8H2,1-2H3. The quantitative estimate of drug-likeness (QED) is 0.654. The first-order valence-corrected chi connectivity index (χ1v) is 7.85. The smallest absolute Gasteiger partial charge is 0.213 e. The van der Waals surface area contributed by atoms with Crippen LogP contribution in [-0.2, 0) is 14.8 Å². The summed E-state index contributed by atoms with van der Waals surface area (Å²) in [7, 11) is -1.66. The molecule has 1 unspecified atom stereocenters. The number of halogens is 1. The van der Waals surface area contributed by atoms with E-state index >= 15 is 0 Å². The molecule has 1 N–H and O–H groups in total. The predicted octanol–water partition coefficient (Wildman–Crippen LogP) is 1.36. The minimum atomic E-state index is -3.16. The maximum atomic E-state index is 11.4. The Morgan fingerprint density at radius 2 is 2.13 bits per heavy atom. The Morgan fingerprint density at radius 1 is 1.47 bits per heavy atom. The van der Waals surface area contributed by atoms with E-state index in [1.165, 1.54) is 7.11 Å². The van der Waals surface area contributed by atoms with Gasteiger partial charge in [0.05, 0.1) is 12.4 Å². The molecule has 0 bridgehead atoms. The molecule has 0 aliphatic heterocycles. The predicted molar refractivity (Wildman–Crippen MR) is 65.9 cm³/mol. The summed E-state index contributed by atoms with van der Waals surface area (Å²) in [5.74, 6) is 0.440. The van der Waals surface area contributed by atoms with E-state index in [9.17, 15) is 8.42 Å². The van der Waals surface area contributed by atoms with E-state index in [2.05, 4.69) is 27.6 Å². The van der Waals surface area contributed by atoms with Crippen molar-refractivity contribution in [3.05, 3.63) is 0 Å². The SMILES string of the molecule is CCC(CCBr)CNS(=O)(=O)CCOC. The average Bonchev–Trinajstić information content (AvgIpc) is 2.21.